The monoisotopic (exact) mass is 411 g/mol. The van der Waals surface area contributed by atoms with E-state index in [2.05, 4.69) is 43.9 Å². The average molecular weight is 412 g/mol. The van der Waals surface area contributed by atoms with Crippen molar-refractivity contribution >= 4 is 32.6 Å². The quantitative estimate of drug-likeness (QED) is 0.579. The second-order valence-electron chi connectivity index (χ2n) is 7.71. The number of aromatic nitrogens is 1. The molecule has 2 aromatic carbocycles. The molecule has 0 radical (unpaired) electrons. The predicted octanol–water partition coefficient (Wildman–Crippen LogP) is 4.37. The fourth-order valence-electron chi connectivity index (χ4n) is 3.31. The number of rotatable bonds is 7. The zero-order chi connectivity index (χ0) is 21.1. The maximum Gasteiger partial charge on any atom is 0.233 e. The van der Waals surface area contributed by atoms with E-state index in [1.165, 1.54) is 5.56 Å². The predicted molar refractivity (Wildman–Crippen MR) is 121 cm³/mol. The van der Waals surface area contributed by atoms with Gasteiger partial charge in [-0.25, -0.2) is 4.98 Å². The Morgan fingerprint density at radius 3 is 2.48 bits per heavy atom. The van der Waals surface area contributed by atoms with Crippen LogP contribution in [0.1, 0.15) is 22.3 Å². The van der Waals surface area contributed by atoms with E-state index in [0.29, 0.717) is 13.0 Å². The van der Waals surface area contributed by atoms with Crippen LogP contribution in [0, 0.1) is 20.8 Å². The van der Waals surface area contributed by atoms with Gasteiger partial charge in [0.2, 0.25) is 5.91 Å². The standard InChI is InChI=1S/C23H29N3O2S/c1-15-7-9-18(17(3)13-15)14-20(27)26(12-11-25(4)5)23-24-21-19(28-6)10-8-16(2)22(21)29-23/h7-10,13H,11-12,14H2,1-6H3. The molecule has 29 heavy (non-hydrogen) atoms. The maximum absolute atomic E-state index is 13.3. The fraction of sp³-hybridized carbons (Fsp3) is 0.391. The number of anilines is 1. The Kier molecular flexibility index (Phi) is 6.55. The van der Waals surface area contributed by atoms with Crippen molar-refractivity contribution in [2.75, 3.05) is 39.2 Å². The minimum Gasteiger partial charge on any atom is -0.494 e. The van der Waals surface area contributed by atoms with Crippen LogP contribution in [0.25, 0.3) is 10.2 Å². The first-order valence-electron chi connectivity index (χ1n) is 9.75. The molecule has 6 heteroatoms. The van der Waals surface area contributed by atoms with Gasteiger partial charge in [0, 0.05) is 13.1 Å². The van der Waals surface area contributed by atoms with Gasteiger partial charge in [-0.05, 0) is 57.6 Å². The lowest BCUT2D eigenvalue weighted by atomic mass is 10.0. The molecular formula is C23H29N3O2S. The van der Waals surface area contributed by atoms with Crippen molar-refractivity contribution in [3.8, 4) is 5.75 Å². The van der Waals surface area contributed by atoms with Gasteiger partial charge in [-0.3, -0.25) is 9.69 Å². The van der Waals surface area contributed by atoms with Crippen LogP contribution in [0.5, 0.6) is 5.75 Å². The number of methoxy groups -OCH3 is 1. The molecule has 0 unspecified atom stereocenters. The van der Waals surface area contributed by atoms with Crippen LogP contribution in [-0.4, -0.2) is 50.1 Å². The first kappa shape index (κ1) is 21.3. The fourth-order valence-corrected chi connectivity index (χ4v) is 4.40. The highest BCUT2D eigenvalue weighted by Gasteiger charge is 2.22. The third-order valence-corrected chi connectivity index (χ3v) is 6.27. The zero-order valence-electron chi connectivity index (χ0n) is 18.1. The lowest BCUT2D eigenvalue weighted by Crippen LogP contribution is -2.37. The van der Waals surface area contributed by atoms with Crippen LogP contribution < -0.4 is 9.64 Å². The maximum atomic E-state index is 13.3. The van der Waals surface area contributed by atoms with Gasteiger partial charge >= 0.3 is 0 Å². The van der Waals surface area contributed by atoms with Gasteiger partial charge in [0.1, 0.15) is 11.3 Å². The first-order valence-corrected chi connectivity index (χ1v) is 10.6. The molecule has 0 saturated heterocycles. The number of amides is 1. The summed E-state index contributed by atoms with van der Waals surface area (Å²) in [6, 6.07) is 10.2. The number of ether oxygens (including phenoxy) is 1. The van der Waals surface area contributed by atoms with E-state index in [-0.39, 0.29) is 5.91 Å². The molecule has 0 atom stereocenters. The Labute approximate surface area is 176 Å². The normalized spacial score (nSPS) is 11.3. The number of thiazole rings is 1. The molecule has 154 valence electrons. The van der Waals surface area contributed by atoms with Crippen LogP contribution in [-0.2, 0) is 11.2 Å². The van der Waals surface area contributed by atoms with E-state index in [9.17, 15) is 4.79 Å². The Morgan fingerprint density at radius 1 is 1.07 bits per heavy atom. The van der Waals surface area contributed by atoms with Crippen molar-refractivity contribution in [3.63, 3.8) is 0 Å². The molecule has 0 aliphatic heterocycles. The van der Waals surface area contributed by atoms with Crippen LogP contribution in [0.3, 0.4) is 0 Å². The van der Waals surface area contributed by atoms with Gasteiger partial charge in [-0.1, -0.05) is 41.2 Å². The molecule has 3 aromatic rings. The molecule has 0 N–H and O–H groups in total. The van der Waals surface area contributed by atoms with Gasteiger partial charge in [0.25, 0.3) is 0 Å². The SMILES string of the molecule is COc1ccc(C)c2sc(N(CCN(C)C)C(=O)Cc3ccc(C)cc3C)nc12. The summed E-state index contributed by atoms with van der Waals surface area (Å²) in [6.07, 6.45) is 0.367. The average Bonchev–Trinajstić information content (AvgIpc) is 3.10. The van der Waals surface area contributed by atoms with Crippen LogP contribution in [0.15, 0.2) is 30.3 Å². The molecular weight excluding hydrogens is 382 g/mol. The highest BCUT2D eigenvalue weighted by atomic mass is 32.1. The van der Waals surface area contributed by atoms with Gasteiger partial charge in [0.15, 0.2) is 5.13 Å². The smallest absolute Gasteiger partial charge is 0.233 e. The summed E-state index contributed by atoms with van der Waals surface area (Å²) in [6.45, 7) is 7.55. The van der Waals surface area contributed by atoms with Crippen molar-refractivity contribution in [1.82, 2.24) is 9.88 Å². The van der Waals surface area contributed by atoms with E-state index in [0.717, 1.165) is 44.3 Å². The van der Waals surface area contributed by atoms with Crippen molar-refractivity contribution in [2.24, 2.45) is 0 Å². The number of carbonyl (C=O) groups is 1. The molecule has 0 fully saturated rings. The molecule has 0 spiro atoms. The largest absolute Gasteiger partial charge is 0.494 e. The molecule has 0 aliphatic rings. The van der Waals surface area contributed by atoms with Gasteiger partial charge in [-0.15, -0.1) is 0 Å². The summed E-state index contributed by atoms with van der Waals surface area (Å²) in [4.78, 5) is 22.0. The second-order valence-corrected chi connectivity index (χ2v) is 8.69. The summed E-state index contributed by atoms with van der Waals surface area (Å²) >= 11 is 1.55. The number of carbonyl (C=O) groups excluding carboxylic acids is 1. The van der Waals surface area contributed by atoms with Gasteiger partial charge < -0.3 is 9.64 Å². The van der Waals surface area contributed by atoms with Crippen molar-refractivity contribution in [1.29, 1.82) is 0 Å². The highest BCUT2D eigenvalue weighted by molar-refractivity contribution is 7.22. The van der Waals surface area contributed by atoms with Crippen LogP contribution in [0.2, 0.25) is 0 Å². The summed E-state index contributed by atoms with van der Waals surface area (Å²) < 4.78 is 6.55. The minimum absolute atomic E-state index is 0.0643. The third kappa shape index (κ3) is 4.77. The van der Waals surface area contributed by atoms with E-state index in [1.807, 2.05) is 31.1 Å². The van der Waals surface area contributed by atoms with E-state index in [1.54, 1.807) is 18.4 Å². The Balaban J connectivity index is 1.97. The third-order valence-electron chi connectivity index (χ3n) is 5.05. The number of fused-ring (bicyclic) bond motifs is 1. The molecule has 3 rings (SSSR count). The van der Waals surface area contributed by atoms with E-state index < -0.39 is 0 Å². The second kappa shape index (κ2) is 8.93. The summed E-state index contributed by atoms with van der Waals surface area (Å²) in [7, 11) is 5.68. The number of aryl methyl sites for hydroxylation is 3. The molecule has 1 aromatic heterocycles. The molecule has 5 nitrogen and oxygen atoms in total. The van der Waals surface area contributed by atoms with Crippen LogP contribution in [0.4, 0.5) is 5.13 Å². The van der Waals surface area contributed by atoms with E-state index >= 15 is 0 Å². The van der Waals surface area contributed by atoms with Crippen molar-refractivity contribution < 1.29 is 9.53 Å². The Morgan fingerprint density at radius 2 is 1.83 bits per heavy atom. The number of hydrogen-bond donors (Lipinski definition) is 0. The first-order chi connectivity index (χ1) is 13.8. The van der Waals surface area contributed by atoms with Crippen molar-refractivity contribution in [2.45, 2.75) is 27.2 Å². The number of nitrogens with zero attached hydrogens (tertiary/aromatic N) is 3. The Bertz CT molecular complexity index is 1030. The van der Waals surface area contributed by atoms with Gasteiger partial charge in [0.05, 0.1) is 18.2 Å². The van der Waals surface area contributed by atoms with Gasteiger partial charge in [-0.2, -0.15) is 0 Å². The van der Waals surface area contributed by atoms with Crippen LogP contribution >= 0.6 is 11.3 Å². The molecule has 1 amide bonds. The summed E-state index contributed by atoms with van der Waals surface area (Å²) in [5.41, 5.74) is 5.37. The molecule has 0 saturated carbocycles. The van der Waals surface area contributed by atoms with Crippen molar-refractivity contribution in [3.05, 3.63) is 52.6 Å². The Hall–Kier alpha value is -2.44. The number of hydrogen-bond acceptors (Lipinski definition) is 5. The minimum atomic E-state index is 0.0643. The lowest BCUT2D eigenvalue weighted by molar-refractivity contribution is -0.118. The molecule has 1 heterocycles. The topological polar surface area (TPSA) is 45.7 Å². The zero-order valence-corrected chi connectivity index (χ0v) is 18.9. The number of benzene rings is 2. The number of likely N-dealkylation sites (N-methyl/N-ethyl adjacent to an activating group) is 1. The summed E-state index contributed by atoms with van der Waals surface area (Å²) in [5.74, 6) is 0.803. The van der Waals surface area contributed by atoms with E-state index in [4.69, 9.17) is 9.72 Å². The molecule has 0 bridgehead atoms. The molecule has 0 aliphatic carbocycles. The highest BCUT2D eigenvalue weighted by Crippen LogP contribution is 2.36. The summed E-state index contributed by atoms with van der Waals surface area (Å²) in [5, 5.41) is 0.726. The lowest BCUT2D eigenvalue weighted by Gasteiger charge is -2.22.